The number of nitrogens with zero attached hydrogens (tertiary/aromatic N) is 4. The molecule has 9 heteroatoms. The van der Waals surface area contributed by atoms with Gasteiger partial charge in [-0.05, 0) is 36.4 Å². The number of anilines is 2. The minimum Gasteiger partial charge on any atom is -0.306 e. The summed E-state index contributed by atoms with van der Waals surface area (Å²) < 4.78 is 28.6. The Morgan fingerprint density at radius 1 is 1.00 bits per heavy atom. The Morgan fingerprint density at radius 3 is 2.59 bits per heavy atom. The molecule has 0 saturated carbocycles. The number of carbonyl (C=O) groups excluding carboxylic acids is 1. The summed E-state index contributed by atoms with van der Waals surface area (Å²) in [6.07, 6.45) is 3.13. The van der Waals surface area contributed by atoms with Crippen molar-refractivity contribution in [3.8, 4) is 0 Å². The topological polar surface area (TPSA) is 96.7 Å². The predicted molar refractivity (Wildman–Crippen MR) is 109 cm³/mol. The van der Waals surface area contributed by atoms with Crippen LogP contribution in [0.5, 0.6) is 0 Å². The number of aromatic nitrogens is 3. The first-order valence-electron chi connectivity index (χ1n) is 8.71. The number of para-hydroxylation sites is 1. The molecule has 0 aliphatic carbocycles. The van der Waals surface area contributed by atoms with Gasteiger partial charge in [0, 0.05) is 24.9 Å². The molecule has 2 aromatic heterocycles. The maximum atomic E-state index is 13.0. The van der Waals surface area contributed by atoms with Crippen LogP contribution in [0.1, 0.15) is 10.4 Å². The molecule has 0 atom stereocenters. The first-order valence-corrected chi connectivity index (χ1v) is 10.1. The fourth-order valence-electron chi connectivity index (χ4n) is 2.85. The summed E-state index contributed by atoms with van der Waals surface area (Å²) in [6.45, 7) is 0. The molecule has 0 spiro atoms. The van der Waals surface area contributed by atoms with Gasteiger partial charge in [0.1, 0.15) is 5.82 Å². The van der Waals surface area contributed by atoms with Crippen molar-refractivity contribution in [2.45, 2.75) is 4.90 Å². The van der Waals surface area contributed by atoms with Crippen LogP contribution in [0.2, 0.25) is 0 Å². The highest BCUT2D eigenvalue weighted by Crippen LogP contribution is 2.22. The van der Waals surface area contributed by atoms with Crippen LogP contribution in [0.15, 0.2) is 84.0 Å². The number of sulfonamides is 1. The lowest BCUT2D eigenvalue weighted by atomic mass is 10.2. The third kappa shape index (κ3) is 3.55. The minimum absolute atomic E-state index is 0.0236. The normalized spacial score (nSPS) is 11.3. The molecule has 2 aromatic carbocycles. The molecule has 2 heterocycles. The molecule has 0 saturated heterocycles. The van der Waals surface area contributed by atoms with Gasteiger partial charge in [-0.1, -0.05) is 24.3 Å². The van der Waals surface area contributed by atoms with Crippen molar-refractivity contribution in [2.75, 3.05) is 16.7 Å². The van der Waals surface area contributed by atoms with Crippen molar-refractivity contribution >= 4 is 33.1 Å². The molecule has 4 aromatic rings. The average Bonchev–Trinajstić information content (AvgIpc) is 3.24. The van der Waals surface area contributed by atoms with Gasteiger partial charge in [0.15, 0.2) is 5.65 Å². The Hall–Kier alpha value is -3.72. The van der Waals surface area contributed by atoms with Crippen LogP contribution in [0, 0.1) is 0 Å². The van der Waals surface area contributed by atoms with Crippen LogP contribution in [0.3, 0.4) is 0 Å². The Kier molecular flexibility index (Phi) is 4.73. The highest BCUT2D eigenvalue weighted by atomic mass is 32.2. The predicted octanol–water partition coefficient (Wildman–Crippen LogP) is 2.81. The highest BCUT2D eigenvalue weighted by molar-refractivity contribution is 7.92. The highest BCUT2D eigenvalue weighted by Gasteiger charge is 2.22. The lowest BCUT2D eigenvalue weighted by Crippen LogP contribution is -2.26. The number of fused-ring (bicyclic) bond motifs is 1. The minimum atomic E-state index is -3.82. The molecular formula is C20H17N5O3S. The van der Waals surface area contributed by atoms with Crippen molar-refractivity contribution in [3.63, 3.8) is 0 Å². The summed E-state index contributed by atoms with van der Waals surface area (Å²) in [5.74, 6) is -0.0212. The second-order valence-corrected chi connectivity index (χ2v) is 8.19. The van der Waals surface area contributed by atoms with E-state index in [4.69, 9.17) is 0 Å². The van der Waals surface area contributed by atoms with Crippen molar-refractivity contribution in [2.24, 2.45) is 0 Å². The fourth-order valence-corrected chi connectivity index (χ4v) is 4.09. The van der Waals surface area contributed by atoms with Gasteiger partial charge in [0.2, 0.25) is 0 Å². The number of rotatable bonds is 5. The fraction of sp³-hybridized carbons (Fsp3) is 0.0500. The number of amides is 1. The van der Waals surface area contributed by atoms with E-state index in [0.29, 0.717) is 17.2 Å². The quantitative estimate of drug-likeness (QED) is 0.549. The molecule has 0 aliphatic heterocycles. The molecule has 0 bridgehead atoms. The van der Waals surface area contributed by atoms with Crippen molar-refractivity contribution in [1.29, 1.82) is 0 Å². The van der Waals surface area contributed by atoms with Gasteiger partial charge in [-0.15, -0.1) is 0 Å². The molecule has 0 unspecified atom stereocenters. The third-order valence-corrected chi connectivity index (χ3v) is 6.19. The molecule has 29 heavy (non-hydrogen) atoms. The molecule has 0 fully saturated rings. The first kappa shape index (κ1) is 18.6. The number of hydrogen-bond acceptors (Lipinski definition) is 5. The zero-order chi connectivity index (χ0) is 20.4. The molecule has 8 nitrogen and oxygen atoms in total. The Morgan fingerprint density at radius 2 is 1.79 bits per heavy atom. The zero-order valence-electron chi connectivity index (χ0n) is 15.4. The third-order valence-electron chi connectivity index (χ3n) is 4.41. The summed E-state index contributed by atoms with van der Waals surface area (Å²) in [6, 6.07) is 18.0. The largest absolute Gasteiger partial charge is 0.306 e. The molecule has 1 amide bonds. The maximum absolute atomic E-state index is 13.0. The van der Waals surface area contributed by atoms with E-state index in [1.807, 2.05) is 6.07 Å². The van der Waals surface area contributed by atoms with Crippen molar-refractivity contribution < 1.29 is 13.2 Å². The average molecular weight is 407 g/mol. The van der Waals surface area contributed by atoms with E-state index >= 15 is 0 Å². The Bertz CT molecular complexity index is 1290. The molecule has 0 radical (unpaired) electrons. The summed E-state index contributed by atoms with van der Waals surface area (Å²) >= 11 is 0. The van der Waals surface area contributed by atoms with Crippen LogP contribution in [-0.2, 0) is 10.0 Å². The van der Waals surface area contributed by atoms with Gasteiger partial charge < -0.3 is 5.32 Å². The van der Waals surface area contributed by atoms with Gasteiger partial charge in [-0.3, -0.25) is 9.10 Å². The summed E-state index contributed by atoms with van der Waals surface area (Å²) in [5, 5.41) is 6.86. The van der Waals surface area contributed by atoms with Crippen LogP contribution in [0.25, 0.3) is 5.65 Å². The van der Waals surface area contributed by atoms with Crippen LogP contribution in [0.4, 0.5) is 11.5 Å². The van der Waals surface area contributed by atoms with Crippen LogP contribution < -0.4 is 9.62 Å². The smallest absolute Gasteiger partial charge is 0.264 e. The van der Waals surface area contributed by atoms with E-state index in [9.17, 15) is 13.2 Å². The van der Waals surface area contributed by atoms with E-state index in [1.54, 1.807) is 54.9 Å². The van der Waals surface area contributed by atoms with Crippen molar-refractivity contribution in [3.05, 3.63) is 84.7 Å². The van der Waals surface area contributed by atoms with E-state index in [-0.39, 0.29) is 10.5 Å². The van der Waals surface area contributed by atoms with Crippen molar-refractivity contribution in [1.82, 2.24) is 14.6 Å². The Labute approximate surface area is 167 Å². The number of hydrogen-bond donors (Lipinski definition) is 1. The van der Waals surface area contributed by atoms with Gasteiger partial charge in [0.05, 0.1) is 16.8 Å². The maximum Gasteiger partial charge on any atom is 0.264 e. The lowest BCUT2D eigenvalue weighted by molar-refractivity contribution is 0.102. The first-order chi connectivity index (χ1) is 14.0. The number of nitrogens with one attached hydrogen (secondary N) is 1. The van der Waals surface area contributed by atoms with Crippen LogP contribution >= 0.6 is 0 Å². The number of benzene rings is 2. The standard InChI is InChI=1S/C20H17N5O3S/c1-24(16-7-3-2-4-8-16)29(27,28)17-9-5-6-15(14-17)20(26)23-19-10-12-21-18-11-13-22-25(18)19/h2-14H,1H3,(H,23,26). The second-order valence-electron chi connectivity index (χ2n) is 6.22. The van der Waals surface area contributed by atoms with E-state index in [2.05, 4.69) is 15.4 Å². The Balaban J connectivity index is 1.63. The molecular weight excluding hydrogens is 390 g/mol. The van der Waals surface area contributed by atoms with Gasteiger partial charge in [-0.2, -0.15) is 9.61 Å². The molecule has 146 valence electrons. The molecule has 1 N–H and O–H groups in total. The SMILES string of the molecule is CN(c1ccccc1)S(=O)(=O)c1cccc(C(=O)Nc2ccnc3ccnn23)c1. The van der Waals surface area contributed by atoms with Gasteiger partial charge in [0.25, 0.3) is 15.9 Å². The lowest BCUT2D eigenvalue weighted by Gasteiger charge is -2.19. The van der Waals surface area contributed by atoms with Gasteiger partial charge in [-0.25, -0.2) is 13.4 Å². The van der Waals surface area contributed by atoms with Crippen LogP contribution in [-0.4, -0.2) is 36.0 Å². The monoisotopic (exact) mass is 407 g/mol. The van der Waals surface area contributed by atoms with E-state index in [1.165, 1.54) is 34.1 Å². The summed E-state index contributed by atoms with van der Waals surface area (Å²) in [7, 11) is -2.35. The van der Waals surface area contributed by atoms with E-state index in [0.717, 1.165) is 0 Å². The number of carbonyl (C=O) groups is 1. The van der Waals surface area contributed by atoms with Gasteiger partial charge >= 0.3 is 0 Å². The second kappa shape index (κ2) is 7.36. The van der Waals surface area contributed by atoms with E-state index < -0.39 is 15.9 Å². The molecule has 4 rings (SSSR count). The zero-order valence-corrected chi connectivity index (χ0v) is 16.2. The summed E-state index contributed by atoms with van der Waals surface area (Å²) in [4.78, 5) is 16.9. The molecule has 0 aliphatic rings. The summed E-state index contributed by atoms with van der Waals surface area (Å²) in [5.41, 5.74) is 1.33.